The van der Waals surface area contributed by atoms with E-state index in [4.69, 9.17) is 17.3 Å². The van der Waals surface area contributed by atoms with Crippen LogP contribution in [0.4, 0.5) is 5.69 Å². The van der Waals surface area contributed by atoms with Crippen molar-refractivity contribution in [1.82, 2.24) is 5.32 Å². The van der Waals surface area contributed by atoms with Crippen molar-refractivity contribution in [2.75, 3.05) is 18.4 Å². The van der Waals surface area contributed by atoms with E-state index >= 15 is 0 Å². The lowest BCUT2D eigenvalue weighted by Gasteiger charge is -2.17. The van der Waals surface area contributed by atoms with Crippen LogP contribution in [0.1, 0.15) is 48.9 Å². The molecule has 116 valence electrons. The molecule has 1 fully saturated rings. The second kappa shape index (κ2) is 8.25. The summed E-state index contributed by atoms with van der Waals surface area (Å²) >= 11 is 5.89. The molecule has 0 atom stereocenters. The second-order valence-corrected chi connectivity index (χ2v) is 6.06. The summed E-state index contributed by atoms with van der Waals surface area (Å²) in [6, 6.07) is 5.80. The summed E-state index contributed by atoms with van der Waals surface area (Å²) in [6.45, 7) is 1.64. The number of rotatable bonds is 6. The Bertz CT molecular complexity index is 471. The van der Waals surface area contributed by atoms with Crippen LogP contribution >= 0.6 is 11.6 Å². The van der Waals surface area contributed by atoms with Gasteiger partial charge >= 0.3 is 0 Å². The predicted molar refractivity (Wildman–Crippen MR) is 88.0 cm³/mol. The minimum Gasteiger partial charge on any atom is -0.383 e. The van der Waals surface area contributed by atoms with Crippen LogP contribution in [0.15, 0.2) is 18.2 Å². The van der Waals surface area contributed by atoms with Gasteiger partial charge in [0.15, 0.2) is 0 Å². The fourth-order valence-electron chi connectivity index (χ4n) is 2.83. The van der Waals surface area contributed by atoms with Gasteiger partial charge in [0.25, 0.3) is 5.91 Å². The third-order valence-electron chi connectivity index (χ3n) is 3.98. The van der Waals surface area contributed by atoms with Crippen LogP contribution in [0, 0.1) is 0 Å². The maximum atomic E-state index is 11.4. The van der Waals surface area contributed by atoms with Crippen molar-refractivity contribution in [3.8, 4) is 0 Å². The van der Waals surface area contributed by atoms with Crippen molar-refractivity contribution >= 4 is 23.2 Å². The van der Waals surface area contributed by atoms with E-state index in [-0.39, 0.29) is 0 Å². The van der Waals surface area contributed by atoms with Gasteiger partial charge in [0.2, 0.25) is 0 Å². The van der Waals surface area contributed by atoms with Crippen LogP contribution in [-0.2, 0) is 0 Å². The quantitative estimate of drug-likeness (QED) is 0.558. The zero-order valence-electron chi connectivity index (χ0n) is 12.3. The monoisotopic (exact) mass is 309 g/mol. The smallest absolute Gasteiger partial charge is 0.250 e. The molecule has 0 bridgehead atoms. The molecule has 0 spiro atoms. The van der Waals surface area contributed by atoms with Crippen LogP contribution in [0.2, 0.25) is 5.02 Å². The van der Waals surface area contributed by atoms with Crippen molar-refractivity contribution in [2.45, 2.75) is 44.6 Å². The van der Waals surface area contributed by atoms with E-state index in [1.165, 1.54) is 38.5 Å². The molecule has 1 aliphatic rings. The molecule has 0 saturated heterocycles. The Morgan fingerprint density at radius 2 is 1.90 bits per heavy atom. The van der Waals surface area contributed by atoms with Gasteiger partial charge in [-0.2, -0.15) is 0 Å². The Balaban J connectivity index is 1.79. The molecule has 0 aliphatic heterocycles. The lowest BCUT2D eigenvalue weighted by molar-refractivity contribution is 0.100. The Labute approximate surface area is 131 Å². The molecular formula is C16H24ClN3O. The summed E-state index contributed by atoms with van der Waals surface area (Å²) in [5.74, 6) is -0.461. The van der Waals surface area contributed by atoms with E-state index in [1.807, 2.05) is 0 Å². The van der Waals surface area contributed by atoms with Crippen molar-refractivity contribution in [3.05, 3.63) is 28.8 Å². The zero-order chi connectivity index (χ0) is 15.1. The van der Waals surface area contributed by atoms with Gasteiger partial charge in [-0.1, -0.05) is 37.3 Å². The number of amides is 1. The zero-order valence-corrected chi connectivity index (χ0v) is 13.1. The topological polar surface area (TPSA) is 67.2 Å². The van der Waals surface area contributed by atoms with E-state index in [1.54, 1.807) is 18.2 Å². The Kier molecular flexibility index (Phi) is 6.33. The molecule has 0 unspecified atom stereocenters. The minimum atomic E-state index is -0.461. The molecule has 5 heteroatoms. The van der Waals surface area contributed by atoms with Crippen LogP contribution in [0.3, 0.4) is 0 Å². The fourth-order valence-corrected chi connectivity index (χ4v) is 3.00. The third-order valence-corrected chi connectivity index (χ3v) is 4.21. The molecule has 0 aromatic heterocycles. The summed E-state index contributed by atoms with van der Waals surface area (Å²) in [6.07, 6.45) is 7.93. The van der Waals surface area contributed by atoms with E-state index in [0.717, 1.165) is 18.8 Å². The number of anilines is 1. The maximum absolute atomic E-state index is 11.4. The number of hydrogen-bond donors (Lipinski definition) is 3. The molecule has 2 rings (SSSR count). The lowest BCUT2D eigenvalue weighted by Crippen LogP contribution is -2.32. The molecule has 4 N–H and O–H groups in total. The van der Waals surface area contributed by atoms with Crippen molar-refractivity contribution in [2.24, 2.45) is 5.73 Å². The number of nitrogens with two attached hydrogens (primary N) is 1. The fraction of sp³-hybridized carbons (Fsp3) is 0.562. The molecule has 1 aliphatic carbocycles. The van der Waals surface area contributed by atoms with E-state index in [2.05, 4.69) is 10.6 Å². The molecule has 0 heterocycles. The third kappa shape index (κ3) is 5.21. The predicted octanol–water partition coefficient (Wildman–Crippen LogP) is 3.16. The number of primary amides is 1. The molecule has 1 amide bonds. The maximum Gasteiger partial charge on any atom is 0.250 e. The van der Waals surface area contributed by atoms with Crippen LogP contribution < -0.4 is 16.4 Å². The highest BCUT2D eigenvalue weighted by Gasteiger charge is 2.11. The van der Waals surface area contributed by atoms with Crippen molar-refractivity contribution < 1.29 is 4.79 Å². The molecule has 1 aromatic rings. The summed E-state index contributed by atoms with van der Waals surface area (Å²) in [4.78, 5) is 11.4. The Morgan fingerprint density at radius 3 is 2.57 bits per heavy atom. The molecule has 21 heavy (non-hydrogen) atoms. The van der Waals surface area contributed by atoms with Gasteiger partial charge in [0, 0.05) is 29.8 Å². The number of benzene rings is 1. The van der Waals surface area contributed by atoms with Gasteiger partial charge in [-0.15, -0.1) is 0 Å². The first-order valence-electron chi connectivity index (χ1n) is 7.73. The first-order valence-corrected chi connectivity index (χ1v) is 8.11. The number of hydrogen-bond acceptors (Lipinski definition) is 3. The minimum absolute atomic E-state index is 0.442. The van der Waals surface area contributed by atoms with Gasteiger partial charge in [0.05, 0.1) is 5.56 Å². The standard InChI is InChI=1S/C16H24ClN3O/c17-12-7-8-15(14(11-12)16(18)21)20-10-9-19-13-5-3-1-2-4-6-13/h7-8,11,13,19-20H,1-6,9-10H2,(H2,18,21). The van der Waals surface area contributed by atoms with Crippen molar-refractivity contribution in [1.29, 1.82) is 0 Å². The van der Waals surface area contributed by atoms with Gasteiger partial charge in [-0.05, 0) is 31.0 Å². The highest BCUT2D eigenvalue weighted by atomic mass is 35.5. The van der Waals surface area contributed by atoms with E-state index in [9.17, 15) is 4.79 Å². The number of carbonyl (C=O) groups excluding carboxylic acids is 1. The summed E-state index contributed by atoms with van der Waals surface area (Å²) in [5.41, 5.74) is 6.56. The first-order chi connectivity index (χ1) is 10.2. The Hall–Kier alpha value is -1.26. The van der Waals surface area contributed by atoms with Crippen LogP contribution in [0.5, 0.6) is 0 Å². The molecule has 1 aromatic carbocycles. The lowest BCUT2D eigenvalue weighted by atomic mass is 10.1. The second-order valence-electron chi connectivity index (χ2n) is 5.62. The van der Waals surface area contributed by atoms with E-state index in [0.29, 0.717) is 16.6 Å². The SMILES string of the molecule is NC(=O)c1cc(Cl)ccc1NCCNC1CCCCCC1. The molecular weight excluding hydrogens is 286 g/mol. The largest absolute Gasteiger partial charge is 0.383 e. The van der Waals surface area contributed by atoms with Crippen LogP contribution in [0.25, 0.3) is 0 Å². The first kappa shape index (κ1) is 16.1. The van der Waals surface area contributed by atoms with Gasteiger partial charge < -0.3 is 16.4 Å². The molecule has 0 radical (unpaired) electrons. The molecule has 4 nitrogen and oxygen atoms in total. The number of halogens is 1. The average molecular weight is 310 g/mol. The molecule has 1 saturated carbocycles. The number of nitrogens with one attached hydrogen (secondary N) is 2. The summed E-state index contributed by atoms with van der Waals surface area (Å²) in [5, 5.41) is 7.36. The van der Waals surface area contributed by atoms with Gasteiger partial charge in [0.1, 0.15) is 0 Å². The highest BCUT2D eigenvalue weighted by Crippen LogP contribution is 2.20. The van der Waals surface area contributed by atoms with E-state index < -0.39 is 5.91 Å². The van der Waals surface area contributed by atoms with Gasteiger partial charge in [-0.25, -0.2) is 0 Å². The average Bonchev–Trinajstić information content (AvgIpc) is 2.73. The normalized spacial score (nSPS) is 16.4. The summed E-state index contributed by atoms with van der Waals surface area (Å²) < 4.78 is 0. The number of carbonyl (C=O) groups is 1. The van der Waals surface area contributed by atoms with Crippen LogP contribution in [-0.4, -0.2) is 25.0 Å². The van der Waals surface area contributed by atoms with Crippen molar-refractivity contribution in [3.63, 3.8) is 0 Å². The summed E-state index contributed by atoms with van der Waals surface area (Å²) in [7, 11) is 0. The van der Waals surface area contributed by atoms with Gasteiger partial charge in [-0.3, -0.25) is 4.79 Å². The Morgan fingerprint density at radius 1 is 1.19 bits per heavy atom. The highest BCUT2D eigenvalue weighted by molar-refractivity contribution is 6.31.